The van der Waals surface area contributed by atoms with Gasteiger partial charge in [-0.1, -0.05) is 26.0 Å². The summed E-state index contributed by atoms with van der Waals surface area (Å²) in [5, 5.41) is 10.6. The second-order valence-electron chi connectivity index (χ2n) is 12.5. The highest BCUT2D eigenvalue weighted by Crippen LogP contribution is 2.51. The van der Waals surface area contributed by atoms with Crippen molar-refractivity contribution in [3.8, 4) is 0 Å². The van der Waals surface area contributed by atoms with E-state index in [1.807, 2.05) is 6.92 Å². The molecule has 0 radical (unpaired) electrons. The first kappa shape index (κ1) is 26.9. The second-order valence-corrected chi connectivity index (χ2v) is 12.5. The fourth-order valence-corrected chi connectivity index (χ4v) is 7.44. The first-order valence-corrected chi connectivity index (χ1v) is 14.0. The van der Waals surface area contributed by atoms with Gasteiger partial charge >= 0.3 is 6.18 Å². The van der Waals surface area contributed by atoms with E-state index in [0.717, 1.165) is 56.9 Å². The maximum Gasteiger partial charge on any atom is 0.416 e. The average molecular weight is 523 g/mol. The number of nitrogens with zero attached hydrogens (tertiary/aromatic N) is 2. The number of amides is 1. The van der Waals surface area contributed by atoms with Crippen molar-refractivity contribution >= 4 is 5.91 Å². The van der Waals surface area contributed by atoms with Crippen LogP contribution in [0.4, 0.5) is 13.2 Å². The smallest absolute Gasteiger partial charge is 0.390 e. The Kier molecular flexibility index (Phi) is 7.16. The van der Waals surface area contributed by atoms with Crippen LogP contribution in [0.25, 0.3) is 0 Å². The number of hydrogen-bond donors (Lipinski definition) is 1. The minimum atomic E-state index is -4.34. The Balaban J connectivity index is 1.37. The fraction of sp³-hybridized carbons (Fsp3) is 0.759. The molecule has 5 rings (SSSR count). The van der Waals surface area contributed by atoms with E-state index in [2.05, 4.69) is 23.6 Å². The third-order valence-corrected chi connectivity index (χ3v) is 9.64. The van der Waals surface area contributed by atoms with Gasteiger partial charge in [0.2, 0.25) is 5.91 Å². The predicted molar refractivity (Wildman–Crippen MR) is 134 cm³/mol. The Hall–Kier alpha value is -1.64. The number of carbonyl (C=O) groups is 1. The Labute approximate surface area is 218 Å². The third-order valence-electron chi connectivity index (χ3n) is 9.64. The standard InChI is InChI=1S/C29H41F3N2O3/c1-19(2)25-18-37-28-15-12-24(16-22(28)8-9-26(35)34(25)28)33(23-10-13-27(3,36)14-11-23)17-20-4-6-21(7-5-20)29(30,31)32/h4-7,19,22-25,36H,8-18H2,1-3H3/t22-,23?,24+,25+,27?,28-/m1/s1. The van der Waals surface area contributed by atoms with Crippen molar-refractivity contribution in [1.82, 2.24) is 9.80 Å². The van der Waals surface area contributed by atoms with Gasteiger partial charge in [-0.25, -0.2) is 0 Å². The summed E-state index contributed by atoms with van der Waals surface area (Å²) < 4.78 is 45.9. The molecule has 8 heteroatoms. The van der Waals surface area contributed by atoms with E-state index >= 15 is 0 Å². The Morgan fingerprint density at radius 1 is 1.08 bits per heavy atom. The van der Waals surface area contributed by atoms with Crippen molar-refractivity contribution in [3.05, 3.63) is 35.4 Å². The Morgan fingerprint density at radius 3 is 2.35 bits per heavy atom. The molecule has 2 saturated carbocycles. The van der Waals surface area contributed by atoms with Gasteiger partial charge < -0.3 is 14.7 Å². The molecule has 4 atom stereocenters. The molecule has 2 heterocycles. The number of alkyl halides is 3. The van der Waals surface area contributed by atoms with Gasteiger partial charge in [0.15, 0.2) is 0 Å². The first-order chi connectivity index (χ1) is 17.4. The van der Waals surface area contributed by atoms with E-state index in [4.69, 9.17) is 4.74 Å². The van der Waals surface area contributed by atoms with E-state index in [1.54, 1.807) is 12.1 Å². The number of piperidine rings is 1. The molecule has 4 fully saturated rings. The van der Waals surface area contributed by atoms with Crippen LogP contribution in [0, 0.1) is 11.8 Å². The number of ether oxygens (including phenoxy) is 1. The molecule has 0 bridgehead atoms. The maximum atomic E-state index is 13.1. The highest BCUT2D eigenvalue weighted by atomic mass is 19.4. The van der Waals surface area contributed by atoms with Crippen molar-refractivity contribution in [2.24, 2.45) is 11.8 Å². The summed E-state index contributed by atoms with van der Waals surface area (Å²) in [6, 6.07) is 6.23. The molecule has 1 spiro atoms. The monoisotopic (exact) mass is 522 g/mol. The van der Waals surface area contributed by atoms with Gasteiger partial charge in [-0.05, 0) is 81.9 Å². The third kappa shape index (κ3) is 5.18. The van der Waals surface area contributed by atoms with Crippen molar-refractivity contribution < 1.29 is 27.8 Å². The molecule has 2 saturated heterocycles. The number of benzene rings is 1. The molecule has 0 unspecified atom stereocenters. The average Bonchev–Trinajstić information content (AvgIpc) is 3.24. The van der Waals surface area contributed by atoms with Gasteiger partial charge in [0.25, 0.3) is 0 Å². The fourth-order valence-electron chi connectivity index (χ4n) is 7.44. The van der Waals surface area contributed by atoms with E-state index in [9.17, 15) is 23.1 Å². The van der Waals surface area contributed by atoms with Gasteiger partial charge in [-0.2, -0.15) is 13.2 Å². The zero-order chi connectivity index (χ0) is 26.6. The predicted octanol–water partition coefficient (Wildman–Crippen LogP) is 5.74. The first-order valence-electron chi connectivity index (χ1n) is 14.0. The summed E-state index contributed by atoms with van der Waals surface area (Å²) in [6.45, 7) is 7.38. The van der Waals surface area contributed by atoms with Crippen LogP contribution >= 0.6 is 0 Å². The molecule has 5 nitrogen and oxygen atoms in total. The normalized spacial score (nSPS) is 36.7. The minimum Gasteiger partial charge on any atom is -0.390 e. The Bertz CT molecular complexity index is 970. The molecule has 206 valence electrons. The molecule has 1 aromatic carbocycles. The van der Waals surface area contributed by atoms with Crippen LogP contribution in [0.15, 0.2) is 24.3 Å². The summed E-state index contributed by atoms with van der Waals surface area (Å²) in [5.74, 6) is 0.808. The zero-order valence-electron chi connectivity index (χ0n) is 22.3. The topological polar surface area (TPSA) is 53.0 Å². The quantitative estimate of drug-likeness (QED) is 0.536. The molecule has 0 aromatic heterocycles. The van der Waals surface area contributed by atoms with Gasteiger partial charge in [0.1, 0.15) is 5.72 Å². The molecule has 2 aliphatic carbocycles. The molecule has 4 aliphatic rings. The molecule has 2 aliphatic heterocycles. The summed E-state index contributed by atoms with van der Waals surface area (Å²) in [5.41, 5.74) is -0.901. The van der Waals surface area contributed by atoms with Crippen molar-refractivity contribution in [2.45, 2.75) is 121 Å². The van der Waals surface area contributed by atoms with Crippen molar-refractivity contribution in [3.63, 3.8) is 0 Å². The number of halogens is 3. The van der Waals surface area contributed by atoms with Crippen LogP contribution in [0.2, 0.25) is 0 Å². The summed E-state index contributed by atoms with van der Waals surface area (Å²) in [4.78, 5) is 17.6. The van der Waals surface area contributed by atoms with Crippen molar-refractivity contribution in [2.75, 3.05) is 6.61 Å². The second kappa shape index (κ2) is 9.83. The molecule has 1 N–H and O–H groups in total. The van der Waals surface area contributed by atoms with E-state index < -0.39 is 23.1 Å². The molecule has 37 heavy (non-hydrogen) atoms. The SMILES string of the molecule is CC(C)[C@@H]1CO[C@]23CC[C@H](N(Cc4ccc(C(F)(F)F)cc4)C4CCC(C)(O)CC4)C[C@H]2CCC(=O)N13. The van der Waals surface area contributed by atoms with Crippen LogP contribution in [0.1, 0.15) is 89.7 Å². The maximum absolute atomic E-state index is 13.1. The van der Waals surface area contributed by atoms with Crippen molar-refractivity contribution in [1.29, 1.82) is 0 Å². The van der Waals surface area contributed by atoms with E-state index in [0.29, 0.717) is 25.5 Å². The van der Waals surface area contributed by atoms with Gasteiger partial charge in [-0.15, -0.1) is 0 Å². The highest BCUT2D eigenvalue weighted by molar-refractivity contribution is 5.78. The zero-order valence-corrected chi connectivity index (χ0v) is 22.3. The summed E-state index contributed by atoms with van der Waals surface area (Å²) >= 11 is 0. The minimum absolute atomic E-state index is 0.121. The lowest BCUT2D eigenvalue weighted by molar-refractivity contribution is -0.193. The Morgan fingerprint density at radius 2 is 1.73 bits per heavy atom. The number of aliphatic hydroxyl groups is 1. The van der Waals surface area contributed by atoms with Crippen LogP contribution in [0.5, 0.6) is 0 Å². The van der Waals surface area contributed by atoms with Crippen LogP contribution in [0.3, 0.4) is 0 Å². The number of rotatable bonds is 5. The molecular formula is C29H41F3N2O3. The largest absolute Gasteiger partial charge is 0.416 e. The molecule has 1 amide bonds. The van der Waals surface area contributed by atoms with Crippen LogP contribution in [-0.2, 0) is 22.3 Å². The summed E-state index contributed by atoms with van der Waals surface area (Å²) in [6.07, 6.45) is 2.83. The lowest BCUT2D eigenvalue weighted by Gasteiger charge is -2.55. The summed E-state index contributed by atoms with van der Waals surface area (Å²) in [7, 11) is 0. The van der Waals surface area contributed by atoms with E-state index in [1.165, 1.54) is 12.1 Å². The van der Waals surface area contributed by atoms with Crippen LogP contribution < -0.4 is 0 Å². The lowest BCUT2D eigenvalue weighted by atomic mass is 9.71. The number of carbonyl (C=O) groups excluding carboxylic acids is 1. The van der Waals surface area contributed by atoms with Crippen LogP contribution in [-0.4, -0.2) is 56.9 Å². The number of hydrogen-bond acceptors (Lipinski definition) is 4. The highest BCUT2D eigenvalue weighted by Gasteiger charge is 2.59. The van der Waals surface area contributed by atoms with Gasteiger partial charge in [0.05, 0.1) is 23.8 Å². The van der Waals surface area contributed by atoms with E-state index in [-0.39, 0.29) is 30.0 Å². The molecular weight excluding hydrogens is 481 g/mol. The van der Waals surface area contributed by atoms with Gasteiger partial charge in [0, 0.05) is 31.0 Å². The van der Waals surface area contributed by atoms with Gasteiger partial charge in [-0.3, -0.25) is 9.69 Å². The lowest BCUT2D eigenvalue weighted by Crippen LogP contribution is -2.63. The molecule has 1 aromatic rings.